The molecule has 3 aromatic rings. The zero-order valence-electron chi connectivity index (χ0n) is 21.2. The van der Waals surface area contributed by atoms with Gasteiger partial charge in [-0.3, -0.25) is 9.69 Å². The van der Waals surface area contributed by atoms with Gasteiger partial charge in [-0.1, -0.05) is 23.7 Å². The second-order valence-electron chi connectivity index (χ2n) is 9.98. The number of rotatable bonds is 8. The number of benzene rings is 2. The highest BCUT2D eigenvalue weighted by atomic mass is 16.5. The first-order valence-corrected chi connectivity index (χ1v) is 12.3. The fourth-order valence-electron chi connectivity index (χ4n) is 4.64. The lowest BCUT2D eigenvalue weighted by molar-refractivity contribution is -0.0198. The van der Waals surface area contributed by atoms with E-state index in [1.54, 1.807) is 36.0 Å². The van der Waals surface area contributed by atoms with Crippen LogP contribution in [-0.2, 0) is 6.54 Å². The molecule has 2 heterocycles. The van der Waals surface area contributed by atoms with Gasteiger partial charge in [0.25, 0.3) is 5.91 Å². The number of piperidine rings is 1. The second kappa shape index (κ2) is 10.9. The summed E-state index contributed by atoms with van der Waals surface area (Å²) in [4.78, 5) is 15.4. The van der Waals surface area contributed by atoms with Crippen molar-refractivity contribution in [1.29, 1.82) is 0 Å². The van der Waals surface area contributed by atoms with Gasteiger partial charge in [0.05, 0.1) is 22.5 Å². The summed E-state index contributed by atoms with van der Waals surface area (Å²) in [5.74, 6) is 0.598. The van der Waals surface area contributed by atoms with Crippen LogP contribution in [0.15, 0.2) is 48.7 Å². The summed E-state index contributed by atoms with van der Waals surface area (Å²) in [6.45, 7) is 8.05. The summed E-state index contributed by atoms with van der Waals surface area (Å²) in [5, 5.41) is 17.9. The maximum absolute atomic E-state index is 13.1. The molecule has 0 bridgehead atoms. The highest BCUT2D eigenvalue weighted by Gasteiger charge is 2.31. The summed E-state index contributed by atoms with van der Waals surface area (Å²) in [6.07, 6.45) is 3.77. The summed E-state index contributed by atoms with van der Waals surface area (Å²) in [7, 11) is 11.5. The molecule has 0 aliphatic carbocycles. The average molecular weight is 482 g/mol. The van der Waals surface area contributed by atoms with Crippen molar-refractivity contribution >= 4 is 32.7 Å². The highest BCUT2D eigenvalue weighted by molar-refractivity contribution is 6.32. The molecular weight excluding hydrogens is 450 g/mol. The lowest BCUT2D eigenvalue weighted by Crippen LogP contribution is -2.44. The molecule has 9 heteroatoms. The molecular formula is C27H32B2N4O3. The average Bonchev–Trinajstić information content (AvgIpc) is 3.23. The fourth-order valence-corrected chi connectivity index (χ4v) is 4.64. The Morgan fingerprint density at radius 3 is 2.69 bits per heavy atom. The van der Waals surface area contributed by atoms with E-state index in [-0.39, 0.29) is 18.3 Å². The lowest BCUT2D eigenvalue weighted by Gasteiger charge is -2.38. The van der Waals surface area contributed by atoms with Crippen LogP contribution in [0.4, 0.5) is 5.69 Å². The summed E-state index contributed by atoms with van der Waals surface area (Å²) < 4.78 is 7.38. The number of nitrogens with one attached hydrogen (secondary N) is 1. The Morgan fingerprint density at radius 1 is 1.25 bits per heavy atom. The van der Waals surface area contributed by atoms with Crippen molar-refractivity contribution in [2.45, 2.75) is 45.8 Å². The highest BCUT2D eigenvalue weighted by Crippen LogP contribution is 2.30. The van der Waals surface area contributed by atoms with E-state index in [0.717, 1.165) is 37.2 Å². The van der Waals surface area contributed by atoms with Gasteiger partial charge in [0, 0.05) is 43.1 Å². The van der Waals surface area contributed by atoms with E-state index in [2.05, 4.69) is 15.3 Å². The van der Waals surface area contributed by atoms with Crippen LogP contribution in [0.25, 0.3) is 5.69 Å². The number of amides is 1. The van der Waals surface area contributed by atoms with Gasteiger partial charge in [-0.2, -0.15) is 5.10 Å². The third kappa shape index (κ3) is 6.20. The number of carbonyl (C=O) groups is 1. The fraction of sp³-hybridized carbons (Fsp3) is 0.407. The number of hydrogen-bond acceptors (Lipinski definition) is 5. The van der Waals surface area contributed by atoms with Crippen LogP contribution in [0.1, 0.15) is 48.3 Å². The van der Waals surface area contributed by atoms with Gasteiger partial charge in [0.2, 0.25) is 0 Å². The van der Waals surface area contributed by atoms with Gasteiger partial charge in [-0.25, -0.2) is 4.68 Å². The molecule has 184 valence electrons. The van der Waals surface area contributed by atoms with E-state index in [9.17, 15) is 9.90 Å². The largest absolute Gasteiger partial charge is 0.503 e. The molecule has 1 aromatic heterocycles. The summed E-state index contributed by atoms with van der Waals surface area (Å²) >= 11 is 0. The molecule has 0 saturated carbocycles. The first-order valence-electron chi connectivity index (χ1n) is 12.3. The molecule has 1 aliphatic heterocycles. The van der Waals surface area contributed by atoms with Crippen molar-refractivity contribution < 1.29 is 14.6 Å². The second-order valence-corrected chi connectivity index (χ2v) is 9.98. The van der Waals surface area contributed by atoms with Crippen LogP contribution in [0.3, 0.4) is 0 Å². The Labute approximate surface area is 215 Å². The molecule has 7 nitrogen and oxygen atoms in total. The molecule has 1 unspecified atom stereocenters. The van der Waals surface area contributed by atoms with Crippen molar-refractivity contribution in [3.8, 4) is 11.4 Å². The Hall–Kier alpha value is -3.03. The number of aryl methyl sites for hydroxylation is 1. The van der Waals surface area contributed by atoms with Crippen LogP contribution < -0.4 is 15.5 Å². The quantitative estimate of drug-likeness (QED) is 0.483. The summed E-state index contributed by atoms with van der Waals surface area (Å²) in [5.41, 5.74) is 3.47. The number of likely N-dealkylation sites (tertiary alicyclic amines) is 1. The van der Waals surface area contributed by atoms with Crippen molar-refractivity contribution in [2.24, 2.45) is 5.92 Å². The molecule has 1 atom stereocenters. The SMILES string of the molecule is [B]COc1cc(NC(=O)c2cn(-c3ccc([B])cc3)nc2C)ccc1CN1CCCC(C(C)(C)O)C1. The zero-order chi connectivity index (χ0) is 25.9. The third-order valence-corrected chi connectivity index (χ3v) is 6.76. The van der Waals surface area contributed by atoms with Crippen LogP contribution in [0.2, 0.25) is 0 Å². The minimum Gasteiger partial charge on any atom is -0.503 e. The number of carbonyl (C=O) groups excluding carboxylic acids is 1. The van der Waals surface area contributed by atoms with Gasteiger partial charge in [-0.15, -0.1) is 0 Å². The Morgan fingerprint density at radius 2 is 2.00 bits per heavy atom. The van der Waals surface area contributed by atoms with E-state index in [4.69, 9.17) is 20.4 Å². The first-order chi connectivity index (χ1) is 17.1. The van der Waals surface area contributed by atoms with Gasteiger partial charge >= 0.3 is 0 Å². The third-order valence-electron chi connectivity index (χ3n) is 6.76. The van der Waals surface area contributed by atoms with E-state index in [1.807, 2.05) is 38.1 Å². The standard InChI is InChI=1S/C27H32B2N4O3/c1-18-24(16-33(31-18)23-10-7-21(29)8-11-23)26(34)30-22-9-6-19(25(13-22)36-17-28)14-32-12-4-5-20(15-32)27(2,3)35/h6-11,13,16,20,35H,4-5,12,14-15,17H2,1-3H3,(H,30,34). The molecule has 1 fully saturated rings. The van der Waals surface area contributed by atoms with Gasteiger partial charge in [0.1, 0.15) is 21.4 Å². The molecule has 2 aromatic carbocycles. The minimum absolute atomic E-state index is 0.0319. The Bertz CT molecular complexity index is 1200. The number of hydrogen-bond donors (Lipinski definition) is 2. The number of anilines is 1. The van der Waals surface area contributed by atoms with Crippen molar-refractivity contribution in [2.75, 3.05) is 24.9 Å². The van der Waals surface area contributed by atoms with Crippen LogP contribution in [0, 0.1) is 12.8 Å². The molecule has 4 radical (unpaired) electrons. The monoisotopic (exact) mass is 482 g/mol. The Balaban J connectivity index is 1.48. The molecule has 1 saturated heterocycles. The number of aromatic nitrogens is 2. The van der Waals surface area contributed by atoms with Crippen molar-refractivity contribution in [3.63, 3.8) is 0 Å². The molecule has 1 aliphatic rings. The predicted octanol–water partition coefficient (Wildman–Crippen LogP) is 2.71. The molecule has 36 heavy (non-hydrogen) atoms. The van der Waals surface area contributed by atoms with Crippen LogP contribution >= 0.6 is 0 Å². The van der Waals surface area contributed by atoms with E-state index in [1.165, 1.54) is 0 Å². The number of nitrogens with zero attached hydrogens (tertiary/aromatic N) is 3. The van der Waals surface area contributed by atoms with Crippen molar-refractivity contribution in [3.05, 3.63) is 65.5 Å². The lowest BCUT2D eigenvalue weighted by atomic mass is 9.84. The van der Waals surface area contributed by atoms with Crippen LogP contribution in [0.5, 0.6) is 5.75 Å². The van der Waals surface area contributed by atoms with Gasteiger partial charge < -0.3 is 15.2 Å². The van der Waals surface area contributed by atoms with E-state index in [0.29, 0.717) is 34.7 Å². The molecule has 4 rings (SSSR count). The molecule has 1 amide bonds. The van der Waals surface area contributed by atoms with E-state index < -0.39 is 5.60 Å². The minimum atomic E-state index is -0.705. The van der Waals surface area contributed by atoms with E-state index >= 15 is 0 Å². The summed E-state index contributed by atoms with van der Waals surface area (Å²) in [6, 6.07) is 12.9. The topological polar surface area (TPSA) is 79.6 Å². The number of ether oxygens (including phenoxy) is 1. The smallest absolute Gasteiger partial charge is 0.259 e. The molecule has 0 spiro atoms. The van der Waals surface area contributed by atoms with Crippen molar-refractivity contribution in [1.82, 2.24) is 14.7 Å². The van der Waals surface area contributed by atoms with Gasteiger partial charge in [0.15, 0.2) is 0 Å². The van der Waals surface area contributed by atoms with Crippen LogP contribution in [-0.4, -0.2) is 66.6 Å². The Kier molecular flexibility index (Phi) is 7.91. The normalized spacial score (nSPS) is 16.6. The maximum atomic E-state index is 13.1. The molecule has 2 N–H and O–H groups in total. The van der Waals surface area contributed by atoms with Gasteiger partial charge in [-0.05, 0) is 64.3 Å². The number of aliphatic hydroxyl groups is 1. The first kappa shape index (κ1) is 26.0. The zero-order valence-corrected chi connectivity index (χ0v) is 21.2. The predicted molar refractivity (Wildman–Crippen MR) is 144 cm³/mol. The maximum Gasteiger partial charge on any atom is 0.259 e.